The zero-order valence-electron chi connectivity index (χ0n) is 13.0. The molecule has 2 aromatic heterocycles. The summed E-state index contributed by atoms with van der Waals surface area (Å²) in [6.45, 7) is 0. The minimum Gasteiger partial charge on any atom is -0.335 e. The van der Waals surface area contributed by atoms with Crippen molar-refractivity contribution in [1.29, 1.82) is 0 Å². The summed E-state index contributed by atoms with van der Waals surface area (Å²) >= 11 is 3.37. The molecule has 0 saturated heterocycles. The molecule has 1 unspecified atom stereocenters. The Balaban J connectivity index is 1.73. The Morgan fingerprint density at radius 2 is 1.88 bits per heavy atom. The maximum atomic E-state index is 14.5. The van der Waals surface area contributed by atoms with E-state index in [9.17, 15) is 13.6 Å². The third-order valence-corrected chi connectivity index (χ3v) is 4.36. The Bertz CT molecular complexity index is 1160. The van der Waals surface area contributed by atoms with Crippen LogP contribution in [0.4, 0.5) is 8.78 Å². The number of aromatic nitrogens is 3. The summed E-state index contributed by atoms with van der Waals surface area (Å²) in [6, 6.07) is 11.9. The molecule has 0 aliphatic carbocycles. The Morgan fingerprint density at radius 1 is 1.12 bits per heavy atom. The van der Waals surface area contributed by atoms with Crippen LogP contribution in [0.2, 0.25) is 0 Å². The monoisotopic (exact) mass is 417 g/mol. The lowest BCUT2D eigenvalue weighted by atomic mass is 10.1. The first-order valence-electron chi connectivity index (χ1n) is 7.57. The van der Waals surface area contributed by atoms with Gasteiger partial charge in [0.15, 0.2) is 0 Å². The van der Waals surface area contributed by atoms with Gasteiger partial charge in [-0.25, -0.2) is 8.78 Å². The maximum absolute atomic E-state index is 14.5. The summed E-state index contributed by atoms with van der Waals surface area (Å²) in [7, 11) is 0. The van der Waals surface area contributed by atoms with Crippen LogP contribution in [-0.2, 0) is 0 Å². The van der Waals surface area contributed by atoms with Crippen molar-refractivity contribution in [2.45, 2.75) is 6.17 Å². The van der Waals surface area contributed by atoms with E-state index >= 15 is 0 Å². The summed E-state index contributed by atoms with van der Waals surface area (Å²) in [5, 5.41) is 4.47. The fourth-order valence-corrected chi connectivity index (χ4v) is 2.94. The van der Waals surface area contributed by atoms with Crippen LogP contribution in [0.25, 0.3) is 22.3 Å². The van der Waals surface area contributed by atoms with E-state index in [1.54, 1.807) is 18.2 Å². The normalized spacial score (nSPS) is 12.4. The summed E-state index contributed by atoms with van der Waals surface area (Å²) in [5.41, 5.74) is 0.583. The average Bonchev–Trinajstić information content (AvgIpc) is 3.11. The van der Waals surface area contributed by atoms with Crippen molar-refractivity contribution in [3.05, 3.63) is 80.6 Å². The van der Waals surface area contributed by atoms with Crippen LogP contribution < -0.4 is 5.56 Å². The molecule has 2 heterocycles. The second kappa shape index (κ2) is 6.45. The number of H-pyrrole nitrogens is 1. The van der Waals surface area contributed by atoms with E-state index in [1.807, 2.05) is 6.07 Å². The van der Waals surface area contributed by atoms with Gasteiger partial charge < -0.3 is 9.51 Å². The van der Waals surface area contributed by atoms with Gasteiger partial charge in [-0.2, -0.15) is 4.98 Å². The first kappa shape index (κ1) is 16.6. The highest BCUT2D eigenvalue weighted by molar-refractivity contribution is 9.10. The molecule has 0 spiro atoms. The lowest BCUT2D eigenvalue weighted by Gasteiger charge is -2.02. The molecule has 4 rings (SSSR count). The van der Waals surface area contributed by atoms with Crippen LogP contribution in [0.3, 0.4) is 0 Å². The van der Waals surface area contributed by atoms with Gasteiger partial charge in [-0.3, -0.25) is 4.79 Å². The highest BCUT2D eigenvalue weighted by Gasteiger charge is 2.22. The topological polar surface area (TPSA) is 71.8 Å². The molecule has 26 heavy (non-hydrogen) atoms. The number of nitrogens with one attached hydrogen (secondary N) is 1. The van der Waals surface area contributed by atoms with Crippen LogP contribution >= 0.6 is 15.9 Å². The quantitative estimate of drug-likeness (QED) is 0.531. The maximum Gasteiger partial charge on any atom is 0.266 e. The van der Waals surface area contributed by atoms with E-state index in [2.05, 4.69) is 31.1 Å². The third-order valence-electron chi connectivity index (χ3n) is 3.87. The van der Waals surface area contributed by atoms with Gasteiger partial charge in [0.2, 0.25) is 12.0 Å². The molecule has 0 bridgehead atoms. The van der Waals surface area contributed by atoms with E-state index in [1.165, 1.54) is 12.1 Å². The number of pyridine rings is 1. The highest BCUT2D eigenvalue weighted by atomic mass is 79.9. The summed E-state index contributed by atoms with van der Waals surface area (Å²) in [6.07, 6.45) is -1.72. The van der Waals surface area contributed by atoms with Gasteiger partial charge in [0.05, 0.1) is 5.56 Å². The Labute approximate surface area is 153 Å². The summed E-state index contributed by atoms with van der Waals surface area (Å²) in [5.74, 6) is -0.797. The molecular formula is C18H10BrF2N3O2. The van der Waals surface area contributed by atoms with Crippen molar-refractivity contribution in [2.75, 3.05) is 0 Å². The number of alkyl halides is 1. The minimum absolute atomic E-state index is 0.0205. The Morgan fingerprint density at radius 3 is 2.65 bits per heavy atom. The van der Waals surface area contributed by atoms with Gasteiger partial charge in [0.25, 0.3) is 11.4 Å². The van der Waals surface area contributed by atoms with Crippen molar-refractivity contribution < 1.29 is 13.3 Å². The SMILES string of the molecule is O=c1[nH]c2ccc(Br)cc2cc1-c1noc(C(F)c2ccc(F)cc2)n1. The van der Waals surface area contributed by atoms with Gasteiger partial charge in [0.1, 0.15) is 5.82 Å². The summed E-state index contributed by atoms with van der Waals surface area (Å²) < 4.78 is 33.3. The lowest BCUT2D eigenvalue weighted by Crippen LogP contribution is -2.09. The lowest BCUT2D eigenvalue weighted by molar-refractivity contribution is 0.282. The number of benzene rings is 2. The van der Waals surface area contributed by atoms with Gasteiger partial charge >= 0.3 is 0 Å². The van der Waals surface area contributed by atoms with Gasteiger partial charge in [0, 0.05) is 15.4 Å². The molecule has 0 saturated carbocycles. The smallest absolute Gasteiger partial charge is 0.266 e. The number of rotatable bonds is 3. The molecule has 130 valence electrons. The van der Waals surface area contributed by atoms with Crippen LogP contribution in [-0.4, -0.2) is 15.1 Å². The summed E-state index contributed by atoms with van der Waals surface area (Å²) in [4.78, 5) is 19.0. The molecule has 2 aromatic carbocycles. The molecule has 5 nitrogen and oxygen atoms in total. The number of hydrogen-bond acceptors (Lipinski definition) is 4. The molecule has 1 atom stereocenters. The van der Waals surface area contributed by atoms with E-state index < -0.39 is 17.5 Å². The molecule has 0 aliphatic heterocycles. The molecule has 8 heteroatoms. The molecule has 1 N–H and O–H groups in total. The van der Waals surface area contributed by atoms with Gasteiger partial charge in [-0.1, -0.05) is 33.2 Å². The predicted octanol–water partition coefficient (Wildman–Crippen LogP) is 4.54. The number of aromatic amines is 1. The van der Waals surface area contributed by atoms with Crippen molar-refractivity contribution >= 4 is 26.8 Å². The molecule has 4 aromatic rings. The second-order valence-corrected chi connectivity index (χ2v) is 6.53. The first-order valence-corrected chi connectivity index (χ1v) is 8.36. The van der Waals surface area contributed by atoms with Crippen molar-refractivity contribution in [3.63, 3.8) is 0 Å². The standard InChI is InChI=1S/C18H10BrF2N3O2/c19-11-3-6-14-10(7-11)8-13(17(25)22-14)16-23-18(26-24-16)15(21)9-1-4-12(20)5-2-9/h1-8,15H,(H,22,25). The predicted molar refractivity (Wildman–Crippen MR) is 94.9 cm³/mol. The van der Waals surface area contributed by atoms with Crippen LogP contribution in [0.5, 0.6) is 0 Å². The minimum atomic E-state index is -1.72. The van der Waals surface area contributed by atoms with E-state index in [0.29, 0.717) is 5.52 Å². The van der Waals surface area contributed by atoms with E-state index in [4.69, 9.17) is 4.52 Å². The number of hydrogen-bond donors (Lipinski definition) is 1. The molecule has 0 radical (unpaired) electrons. The number of halogens is 3. The molecule has 0 aliphatic rings. The Kier molecular flexibility index (Phi) is 4.12. The van der Waals surface area contributed by atoms with Crippen LogP contribution in [0.15, 0.2) is 62.3 Å². The first-order chi connectivity index (χ1) is 12.5. The molecule has 0 amide bonds. The average molecular weight is 418 g/mol. The number of fused-ring (bicyclic) bond motifs is 1. The fraction of sp³-hybridized carbons (Fsp3) is 0.0556. The third kappa shape index (κ3) is 3.03. The van der Waals surface area contributed by atoms with Crippen molar-refractivity contribution in [2.24, 2.45) is 0 Å². The van der Waals surface area contributed by atoms with Crippen molar-refractivity contribution in [3.8, 4) is 11.4 Å². The number of nitrogens with zero attached hydrogens (tertiary/aromatic N) is 2. The van der Waals surface area contributed by atoms with Crippen LogP contribution in [0.1, 0.15) is 17.6 Å². The molecular weight excluding hydrogens is 408 g/mol. The fourth-order valence-electron chi connectivity index (χ4n) is 2.57. The zero-order chi connectivity index (χ0) is 18.3. The van der Waals surface area contributed by atoms with E-state index in [-0.39, 0.29) is 22.8 Å². The van der Waals surface area contributed by atoms with Gasteiger partial charge in [-0.05, 0) is 42.0 Å². The largest absolute Gasteiger partial charge is 0.335 e. The van der Waals surface area contributed by atoms with Gasteiger partial charge in [-0.15, -0.1) is 0 Å². The van der Waals surface area contributed by atoms with Crippen LogP contribution in [0, 0.1) is 5.82 Å². The molecule has 0 fully saturated rings. The highest BCUT2D eigenvalue weighted by Crippen LogP contribution is 2.27. The van der Waals surface area contributed by atoms with E-state index in [0.717, 1.165) is 22.0 Å². The zero-order valence-corrected chi connectivity index (χ0v) is 14.6. The second-order valence-electron chi connectivity index (χ2n) is 5.61. The van der Waals surface area contributed by atoms with Crippen molar-refractivity contribution in [1.82, 2.24) is 15.1 Å². The Hall–Kier alpha value is -2.87.